The number of hydrogen-bond donors (Lipinski definition) is 0. The summed E-state index contributed by atoms with van der Waals surface area (Å²) in [6.45, 7) is 2.32. The number of nitriles is 1. The summed E-state index contributed by atoms with van der Waals surface area (Å²) in [7, 11) is 0. The van der Waals surface area contributed by atoms with Crippen LogP contribution < -0.4 is 4.74 Å². The van der Waals surface area contributed by atoms with Gasteiger partial charge in [0.2, 0.25) is 0 Å². The maximum atomic E-state index is 13.0. The van der Waals surface area contributed by atoms with Crippen molar-refractivity contribution in [3.63, 3.8) is 0 Å². The Labute approximate surface area is 168 Å². The monoisotopic (exact) mass is 384 g/mol. The van der Waals surface area contributed by atoms with Crippen molar-refractivity contribution >= 4 is 22.4 Å². The van der Waals surface area contributed by atoms with Gasteiger partial charge in [0.25, 0.3) is 0 Å². The van der Waals surface area contributed by atoms with Crippen LogP contribution in [0.25, 0.3) is 16.4 Å². The minimum absolute atomic E-state index is 0.0267. The molecule has 2 aromatic heterocycles. The molecule has 0 N–H and O–H groups in total. The molecule has 4 rings (SSSR count). The molecule has 144 valence electrons. The summed E-state index contributed by atoms with van der Waals surface area (Å²) in [6, 6.07) is 23.1. The third kappa shape index (κ3) is 3.65. The highest BCUT2D eigenvalue weighted by atomic mass is 16.5. The molecule has 4 aromatic rings. The Hall–Kier alpha value is -3.78. The molecule has 0 fully saturated rings. The third-order valence-corrected chi connectivity index (χ3v) is 4.95. The quantitative estimate of drug-likeness (QED) is 0.441. The van der Waals surface area contributed by atoms with Crippen LogP contribution in [0.1, 0.15) is 28.8 Å². The fourth-order valence-electron chi connectivity index (χ4n) is 3.49. The third-order valence-electron chi connectivity index (χ3n) is 4.95. The Morgan fingerprint density at radius 2 is 1.86 bits per heavy atom. The molecule has 0 aliphatic heterocycles. The van der Waals surface area contributed by atoms with E-state index in [1.807, 2.05) is 84.3 Å². The lowest BCUT2D eigenvalue weighted by molar-refractivity contribution is 0.0490. The van der Waals surface area contributed by atoms with E-state index in [1.54, 1.807) is 6.07 Å². The lowest BCUT2D eigenvalue weighted by atomic mass is 10.0. The molecule has 5 nitrogen and oxygen atoms in total. The van der Waals surface area contributed by atoms with Crippen LogP contribution >= 0.6 is 0 Å². The van der Waals surface area contributed by atoms with Crippen molar-refractivity contribution in [1.29, 1.82) is 5.26 Å². The average molecular weight is 384 g/mol. The van der Waals surface area contributed by atoms with E-state index in [0.29, 0.717) is 17.9 Å². The summed E-state index contributed by atoms with van der Waals surface area (Å²) in [5.74, 6) is 0.336. The van der Waals surface area contributed by atoms with Gasteiger partial charge in [0.15, 0.2) is 6.61 Å². The van der Waals surface area contributed by atoms with E-state index in [1.165, 1.54) is 0 Å². The predicted octanol–water partition coefficient (Wildman–Crippen LogP) is 4.96. The lowest BCUT2D eigenvalue weighted by Crippen LogP contribution is -2.11. The van der Waals surface area contributed by atoms with Crippen molar-refractivity contribution in [3.8, 4) is 11.8 Å². The van der Waals surface area contributed by atoms with Crippen molar-refractivity contribution in [2.75, 3.05) is 13.2 Å². The van der Waals surface area contributed by atoms with Gasteiger partial charge in [-0.2, -0.15) is 5.26 Å². The number of pyridine rings is 1. The SMILES string of the molecule is CC(COC(=O)c1c2ccc(OCC#N)cc2n2ccccc12)c1ccccc1. The van der Waals surface area contributed by atoms with Gasteiger partial charge in [0, 0.05) is 23.6 Å². The molecule has 2 heterocycles. The zero-order valence-corrected chi connectivity index (χ0v) is 16.0. The fraction of sp³-hybridized carbons (Fsp3) is 0.167. The molecule has 0 amide bonds. The number of rotatable bonds is 6. The number of carbonyl (C=O) groups excluding carboxylic acids is 1. The molecule has 0 spiro atoms. The zero-order valence-electron chi connectivity index (χ0n) is 16.0. The van der Waals surface area contributed by atoms with E-state index in [0.717, 1.165) is 22.0 Å². The summed E-state index contributed by atoms with van der Waals surface area (Å²) in [5, 5.41) is 9.52. The lowest BCUT2D eigenvalue weighted by Gasteiger charge is -2.12. The number of nitrogens with zero attached hydrogens (tertiary/aromatic N) is 2. The fourth-order valence-corrected chi connectivity index (χ4v) is 3.49. The molecule has 0 radical (unpaired) electrons. The Morgan fingerprint density at radius 3 is 2.66 bits per heavy atom. The number of benzene rings is 2. The van der Waals surface area contributed by atoms with Crippen LogP contribution in [-0.4, -0.2) is 23.6 Å². The molecule has 0 bridgehead atoms. The normalized spacial score (nSPS) is 11.9. The van der Waals surface area contributed by atoms with Crippen LogP contribution in [0.4, 0.5) is 0 Å². The number of fused-ring (bicyclic) bond motifs is 3. The molecular formula is C24H20N2O3. The molecule has 1 atom stereocenters. The molecule has 2 aromatic carbocycles. The first-order valence-electron chi connectivity index (χ1n) is 9.43. The molecule has 1 unspecified atom stereocenters. The minimum Gasteiger partial charge on any atom is -0.479 e. The van der Waals surface area contributed by atoms with Crippen LogP contribution in [0.15, 0.2) is 72.9 Å². The van der Waals surface area contributed by atoms with Crippen molar-refractivity contribution in [2.45, 2.75) is 12.8 Å². The summed E-state index contributed by atoms with van der Waals surface area (Å²) in [5.41, 5.74) is 3.27. The van der Waals surface area contributed by atoms with E-state index in [-0.39, 0.29) is 18.5 Å². The van der Waals surface area contributed by atoms with Crippen LogP contribution in [-0.2, 0) is 4.74 Å². The molecule has 5 heteroatoms. The van der Waals surface area contributed by atoms with Gasteiger partial charge in [-0.1, -0.05) is 43.3 Å². The zero-order chi connectivity index (χ0) is 20.2. The van der Waals surface area contributed by atoms with Gasteiger partial charge in [-0.05, 0) is 29.8 Å². The average Bonchev–Trinajstić information content (AvgIpc) is 3.10. The number of carbonyl (C=O) groups is 1. The van der Waals surface area contributed by atoms with E-state index < -0.39 is 0 Å². The minimum atomic E-state index is -0.350. The maximum Gasteiger partial charge on any atom is 0.340 e. The Morgan fingerprint density at radius 1 is 1.07 bits per heavy atom. The van der Waals surface area contributed by atoms with E-state index >= 15 is 0 Å². The second-order valence-corrected chi connectivity index (χ2v) is 6.87. The van der Waals surface area contributed by atoms with Gasteiger partial charge in [0.1, 0.15) is 11.8 Å². The van der Waals surface area contributed by atoms with Gasteiger partial charge < -0.3 is 13.9 Å². The van der Waals surface area contributed by atoms with Gasteiger partial charge in [0.05, 0.1) is 23.2 Å². The Balaban J connectivity index is 1.66. The first-order valence-corrected chi connectivity index (χ1v) is 9.43. The van der Waals surface area contributed by atoms with Gasteiger partial charge in [-0.15, -0.1) is 0 Å². The van der Waals surface area contributed by atoms with Crippen molar-refractivity contribution < 1.29 is 14.3 Å². The van der Waals surface area contributed by atoms with E-state index in [4.69, 9.17) is 14.7 Å². The maximum absolute atomic E-state index is 13.0. The molecule has 0 aliphatic rings. The summed E-state index contributed by atoms with van der Waals surface area (Å²) >= 11 is 0. The summed E-state index contributed by atoms with van der Waals surface area (Å²) < 4.78 is 13.0. The largest absolute Gasteiger partial charge is 0.479 e. The predicted molar refractivity (Wildman–Crippen MR) is 111 cm³/mol. The highest BCUT2D eigenvalue weighted by Crippen LogP contribution is 2.30. The van der Waals surface area contributed by atoms with Crippen molar-refractivity contribution in [2.24, 2.45) is 0 Å². The van der Waals surface area contributed by atoms with Crippen LogP contribution in [0.5, 0.6) is 5.75 Å². The first-order chi connectivity index (χ1) is 14.2. The second kappa shape index (κ2) is 8.07. The van der Waals surface area contributed by atoms with Gasteiger partial charge in [-0.25, -0.2) is 4.79 Å². The summed E-state index contributed by atoms with van der Waals surface area (Å²) in [6.07, 6.45) is 1.90. The molecule has 29 heavy (non-hydrogen) atoms. The van der Waals surface area contributed by atoms with Gasteiger partial charge >= 0.3 is 5.97 Å². The molecule has 0 saturated heterocycles. The van der Waals surface area contributed by atoms with Crippen molar-refractivity contribution in [3.05, 3.63) is 84.1 Å². The summed E-state index contributed by atoms with van der Waals surface area (Å²) in [4.78, 5) is 13.0. The van der Waals surface area contributed by atoms with E-state index in [9.17, 15) is 4.79 Å². The Bertz CT molecular complexity index is 1210. The van der Waals surface area contributed by atoms with Crippen LogP contribution in [0.3, 0.4) is 0 Å². The molecule has 0 aliphatic carbocycles. The smallest absolute Gasteiger partial charge is 0.340 e. The number of ether oxygens (including phenoxy) is 2. The Kier molecular flexibility index (Phi) is 5.17. The molecular weight excluding hydrogens is 364 g/mol. The number of aromatic nitrogens is 1. The van der Waals surface area contributed by atoms with Crippen LogP contribution in [0, 0.1) is 11.3 Å². The topological polar surface area (TPSA) is 63.7 Å². The van der Waals surface area contributed by atoms with Crippen LogP contribution in [0.2, 0.25) is 0 Å². The number of esters is 1. The highest BCUT2D eigenvalue weighted by molar-refractivity contribution is 6.11. The standard InChI is InChI=1S/C24H20N2O3/c1-17(18-7-3-2-4-8-18)16-29-24(27)23-20-11-10-19(28-14-12-25)15-22(20)26-13-6-5-9-21(23)26/h2-11,13,15,17H,14,16H2,1H3. The van der Waals surface area contributed by atoms with Crippen molar-refractivity contribution in [1.82, 2.24) is 4.40 Å². The second-order valence-electron chi connectivity index (χ2n) is 6.87. The molecule has 0 saturated carbocycles. The van der Waals surface area contributed by atoms with Gasteiger partial charge in [-0.3, -0.25) is 0 Å². The van der Waals surface area contributed by atoms with E-state index in [2.05, 4.69) is 0 Å². The first kappa shape index (κ1) is 18.6. The highest BCUT2D eigenvalue weighted by Gasteiger charge is 2.20. The number of hydrogen-bond acceptors (Lipinski definition) is 4.